The van der Waals surface area contributed by atoms with Gasteiger partial charge in [0.25, 0.3) is 0 Å². The van der Waals surface area contributed by atoms with Gasteiger partial charge in [0.15, 0.2) is 5.65 Å². The fourth-order valence-electron chi connectivity index (χ4n) is 2.94. The third kappa shape index (κ3) is 2.54. The zero-order chi connectivity index (χ0) is 16.5. The molecule has 0 fully saturated rings. The van der Waals surface area contributed by atoms with E-state index in [2.05, 4.69) is 10.4 Å². The molecule has 7 heteroatoms. The number of para-hydroxylation sites is 1. The smallest absolute Gasteiger partial charge is 0.350 e. The second-order valence-electron chi connectivity index (χ2n) is 5.66. The lowest BCUT2D eigenvalue weighted by molar-refractivity contribution is -0.122. The maximum absolute atomic E-state index is 12.4. The highest BCUT2D eigenvalue weighted by atomic mass is 16.5. The van der Waals surface area contributed by atoms with Crippen LogP contribution in [0.3, 0.4) is 0 Å². The molecule has 1 atom stereocenters. The van der Waals surface area contributed by atoms with Crippen molar-refractivity contribution in [2.75, 3.05) is 6.61 Å². The highest BCUT2D eigenvalue weighted by Gasteiger charge is 2.23. The molecule has 3 aromatic rings. The number of hydrogen-bond acceptors (Lipinski definition) is 4. The van der Waals surface area contributed by atoms with Crippen LogP contribution in [0.5, 0.6) is 5.75 Å². The van der Waals surface area contributed by atoms with Gasteiger partial charge in [-0.25, -0.2) is 9.48 Å². The van der Waals surface area contributed by atoms with E-state index < -0.39 is 0 Å². The summed E-state index contributed by atoms with van der Waals surface area (Å²) in [6.45, 7) is 0.441. The summed E-state index contributed by atoms with van der Waals surface area (Å²) in [5.41, 5.74) is 1.15. The Morgan fingerprint density at radius 3 is 2.96 bits per heavy atom. The summed E-state index contributed by atoms with van der Waals surface area (Å²) >= 11 is 0. The van der Waals surface area contributed by atoms with Gasteiger partial charge in [0.05, 0.1) is 12.6 Å². The molecule has 1 unspecified atom stereocenters. The first kappa shape index (κ1) is 14.5. The second kappa shape index (κ2) is 5.84. The summed E-state index contributed by atoms with van der Waals surface area (Å²) in [7, 11) is 0. The van der Waals surface area contributed by atoms with Gasteiger partial charge in [-0.3, -0.25) is 9.20 Å². The van der Waals surface area contributed by atoms with Crippen LogP contribution in [0.25, 0.3) is 5.65 Å². The normalized spacial score (nSPS) is 16.4. The van der Waals surface area contributed by atoms with E-state index in [1.807, 2.05) is 24.3 Å². The number of hydrogen-bond donors (Lipinski definition) is 1. The highest BCUT2D eigenvalue weighted by Crippen LogP contribution is 2.31. The molecule has 1 aliphatic rings. The summed E-state index contributed by atoms with van der Waals surface area (Å²) < 4.78 is 8.18. The molecule has 0 spiro atoms. The van der Waals surface area contributed by atoms with Crippen LogP contribution >= 0.6 is 0 Å². The predicted molar refractivity (Wildman–Crippen MR) is 86.9 cm³/mol. The van der Waals surface area contributed by atoms with E-state index in [1.54, 1.807) is 24.4 Å². The molecule has 1 amide bonds. The molecule has 1 N–H and O–H groups in total. The average molecular weight is 324 g/mol. The van der Waals surface area contributed by atoms with Crippen molar-refractivity contribution in [3.8, 4) is 5.75 Å². The molecule has 122 valence electrons. The zero-order valence-electron chi connectivity index (χ0n) is 12.9. The number of nitrogens with zero attached hydrogens (tertiary/aromatic N) is 3. The van der Waals surface area contributed by atoms with Crippen LogP contribution in [-0.2, 0) is 11.3 Å². The molecule has 1 aliphatic heterocycles. The van der Waals surface area contributed by atoms with Crippen molar-refractivity contribution in [1.29, 1.82) is 0 Å². The minimum atomic E-state index is -0.326. The molecule has 0 radical (unpaired) electrons. The number of carbonyl (C=O) groups excluding carboxylic acids is 1. The van der Waals surface area contributed by atoms with Crippen LogP contribution < -0.4 is 15.7 Å². The molecule has 1 aromatic carbocycles. The quantitative estimate of drug-likeness (QED) is 0.783. The SMILES string of the molecule is O=C(Cn1nc2ccccn2c1=O)NC1CCOc2ccccc21. The first-order valence-electron chi connectivity index (χ1n) is 7.78. The van der Waals surface area contributed by atoms with Gasteiger partial charge in [-0.15, -0.1) is 5.10 Å². The Hall–Kier alpha value is -3.09. The van der Waals surface area contributed by atoms with Crippen molar-refractivity contribution in [2.24, 2.45) is 0 Å². The predicted octanol–water partition coefficient (Wildman–Crippen LogP) is 1.14. The van der Waals surface area contributed by atoms with E-state index in [-0.39, 0.29) is 24.2 Å². The molecule has 24 heavy (non-hydrogen) atoms. The van der Waals surface area contributed by atoms with Crippen molar-refractivity contribution in [1.82, 2.24) is 19.5 Å². The number of aromatic nitrogens is 3. The van der Waals surface area contributed by atoms with Gasteiger partial charge < -0.3 is 10.1 Å². The Labute approximate surface area is 137 Å². The van der Waals surface area contributed by atoms with Gasteiger partial charge in [0, 0.05) is 18.2 Å². The third-order valence-corrected chi connectivity index (χ3v) is 4.08. The second-order valence-corrected chi connectivity index (χ2v) is 5.66. The van der Waals surface area contributed by atoms with Crippen molar-refractivity contribution in [3.05, 3.63) is 64.7 Å². The average Bonchev–Trinajstić information content (AvgIpc) is 2.91. The summed E-state index contributed by atoms with van der Waals surface area (Å²) in [5.74, 6) is 0.543. The van der Waals surface area contributed by atoms with Crippen LogP contribution in [0.1, 0.15) is 18.0 Å². The van der Waals surface area contributed by atoms with Crippen molar-refractivity contribution < 1.29 is 9.53 Å². The number of carbonyl (C=O) groups is 1. The van der Waals surface area contributed by atoms with E-state index in [0.717, 1.165) is 11.3 Å². The van der Waals surface area contributed by atoms with Gasteiger partial charge in [-0.2, -0.15) is 0 Å². The van der Waals surface area contributed by atoms with Gasteiger partial charge in [-0.1, -0.05) is 24.3 Å². The van der Waals surface area contributed by atoms with Gasteiger partial charge in [-0.05, 0) is 18.2 Å². The standard InChI is InChI=1S/C17H16N4O3/c22-16(11-21-17(23)20-9-4-3-7-15(20)19-21)18-13-8-10-24-14-6-2-1-5-12(13)14/h1-7,9,13H,8,10-11H2,(H,18,22). The maximum Gasteiger partial charge on any atom is 0.350 e. The Balaban J connectivity index is 1.53. The Morgan fingerprint density at radius 2 is 2.08 bits per heavy atom. The third-order valence-electron chi connectivity index (χ3n) is 4.08. The fourth-order valence-corrected chi connectivity index (χ4v) is 2.94. The molecular formula is C17H16N4O3. The topological polar surface area (TPSA) is 77.6 Å². The molecule has 2 aromatic heterocycles. The van der Waals surface area contributed by atoms with E-state index in [4.69, 9.17) is 4.74 Å². The molecule has 7 nitrogen and oxygen atoms in total. The van der Waals surface area contributed by atoms with Crippen LogP contribution in [0.2, 0.25) is 0 Å². The van der Waals surface area contributed by atoms with E-state index in [0.29, 0.717) is 18.7 Å². The summed E-state index contributed by atoms with van der Waals surface area (Å²) in [5, 5.41) is 7.14. The van der Waals surface area contributed by atoms with Crippen molar-refractivity contribution in [2.45, 2.75) is 19.0 Å². The fraction of sp³-hybridized carbons (Fsp3) is 0.235. The number of pyridine rings is 1. The largest absolute Gasteiger partial charge is 0.493 e. The van der Waals surface area contributed by atoms with Crippen LogP contribution in [-0.4, -0.2) is 26.7 Å². The van der Waals surface area contributed by atoms with Crippen LogP contribution in [0.4, 0.5) is 0 Å². The summed E-state index contributed by atoms with van der Waals surface area (Å²) in [4.78, 5) is 24.6. The molecule has 0 saturated heterocycles. The molecule has 0 aliphatic carbocycles. The highest BCUT2D eigenvalue weighted by molar-refractivity contribution is 5.76. The maximum atomic E-state index is 12.4. The summed E-state index contributed by atoms with van der Waals surface area (Å²) in [6.07, 6.45) is 2.33. The van der Waals surface area contributed by atoms with E-state index >= 15 is 0 Å². The zero-order valence-corrected chi connectivity index (χ0v) is 12.9. The number of ether oxygens (including phenoxy) is 1. The number of fused-ring (bicyclic) bond motifs is 2. The molecule has 0 saturated carbocycles. The minimum Gasteiger partial charge on any atom is -0.493 e. The molecular weight excluding hydrogens is 308 g/mol. The Morgan fingerprint density at radius 1 is 1.25 bits per heavy atom. The number of amides is 1. The number of benzene rings is 1. The van der Waals surface area contributed by atoms with E-state index in [1.165, 1.54) is 9.08 Å². The molecule has 4 rings (SSSR count). The van der Waals surface area contributed by atoms with Crippen molar-refractivity contribution >= 4 is 11.6 Å². The monoisotopic (exact) mass is 324 g/mol. The lowest BCUT2D eigenvalue weighted by atomic mass is 10.0. The summed E-state index contributed by atoms with van der Waals surface area (Å²) in [6, 6.07) is 12.8. The Bertz CT molecular complexity index is 960. The Kier molecular flexibility index (Phi) is 3.53. The van der Waals surface area contributed by atoms with Crippen LogP contribution in [0.15, 0.2) is 53.5 Å². The van der Waals surface area contributed by atoms with Gasteiger partial charge in [0.1, 0.15) is 12.3 Å². The first-order chi connectivity index (χ1) is 11.7. The van der Waals surface area contributed by atoms with E-state index in [9.17, 15) is 9.59 Å². The first-order valence-corrected chi connectivity index (χ1v) is 7.78. The van der Waals surface area contributed by atoms with Gasteiger partial charge in [0.2, 0.25) is 5.91 Å². The number of nitrogens with one attached hydrogen (secondary N) is 1. The van der Waals surface area contributed by atoms with Gasteiger partial charge >= 0.3 is 5.69 Å². The molecule has 0 bridgehead atoms. The number of rotatable bonds is 3. The molecule has 3 heterocycles. The lowest BCUT2D eigenvalue weighted by Crippen LogP contribution is -2.36. The minimum absolute atomic E-state index is 0.111. The lowest BCUT2D eigenvalue weighted by Gasteiger charge is -2.26. The van der Waals surface area contributed by atoms with Crippen LogP contribution in [0, 0.1) is 0 Å². The van der Waals surface area contributed by atoms with Crippen molar-refractivity contribution in [3.63, 3.8) is 0 Å².